The van der Waals surface area contributed by atoms with E-state index < -0.39 is 17.5 Å². The molecule has 1 N–H and O–H groups in total. The molecule has 0 bridgehead atoms. The summed E-state index contributed by atoms with van der Waals surface area (Å²) in [5.74, 6) is -0.798. The Balaban J connectivity index is 2.14. The Kier molecular flexibility index (Phi) is 4.28. The summed E-state index contributed by atoms with van der Waals surface area (Å²) in [6.45, 7) is 0.281. The van der Waals surface area contributed by atoms with Crippen LogP contribution in [0.2, 0.25) is 0 Å². The molecular weight excluding hydrogens is 283 g/mol. The van der Waals surface area contributed by atoms with Crippen molar-refractivity contribution in [2.24, 2.45) is 5.41 Å². The van der Waals surface area contributed by atoms with E-state index in [0.717, 1.165) is 19.3 Å². The maximum Gasteiger partial charge on any atom is 0.404 e. The van der Waals surface area contributed by atoms with Gasteiger partial charge in [0, 0.05) is 25.7 Å². The van der Waals surface area contributed by atoms with Crippen LogP contribution in [0.3, 0.4) is 0 Å². The fourth-order valence-corrected chi connectivity index (χ4v) is 3.45. The predicted octanol–water partition coefficient (Wildman–Crippen LogP) is 1.47. The van der Waals surface area contributed by atoms with E-state index in [9.17, 15) is 18.0 Å². The summed E-state index contributed by atoms with van der Waals surface area (Å²) < 4.78 is 40.2. The van der Waals surface area contributed by atoms with Crippen molar-refractivity contribution in [2.75, 3.05) is 40.8 Å². The van der Waals surface area contributed by atoms with E-state index in [1.807, 2.05) is 19.0 Å². The van der Waals surface area contributed by atoms with E-state index in [4.69, 9.17) is 0 Å². The molecule has 7 heteroatoms. The van der Waals surface area contributed by atoms with Gasteiger partial charge in [0.25, 0.3) is 0 Å². The Morgan fingerprint density at radius 3 is 2.14 bits per heavy atom. The van der Waals surface area contributed by atoms with E-state index in [1.165, 1.54) is 11.9 Å². The summed E-state index contributed by atoms with van der Waals surface area (Å²) in [4.78, 5) is 15.8. The minimum Gasteiger partial charge on any atom is -0.343 e. The molecule has 1 heterocycles. The van der Waals surface area contributed by atoms with Gasteiger partial charge >= 0.3 is 6.18 Å². The summed E-state index contributed by atoms with van der Waals surface area (Å²) in [6.07, 6.45) is -1.77. The second-order valence-electron chi connectivity index (χ2n) is 6.64. The molecule has 0 aromatic heterocycles. The quantitative estimate of drug-likeness (QED) is 0.854. The first-order valence-electron chi connectivity index (χ1n) is 7.35. The number of nitrogens with zero attached hydrogens (tertiary/aromatic N) is 2. The average Bonchev–Trinajstić information content (AvgIpc) is 2.81. The van der Waals surface area contributed by atoms with Crippen LogP contribution in [0.1, 0.15) is 25.7 Å². The molecule has 0 radical (unpaired) electrons. The van der Waals surface area contributed by atoms with Gasteiger partial charge in [-0.2, -0.15) is 13.2 Å². The van der Waals surface area contributed by atoms with Gasteiger partial charge in [0.2, 0.25) is 5.91 Å². The minimum absolute atomic E-state index is 0.163. The van der Waals surface area contributed by atoms with Crippen LogP contribution in [0.25, 0.3) is 0 Å². The van der Waals surface area contributed by atoms with E-state index in [0.29, 0.717) is 6.54 Å². The van der Waals surface area contributed by atoms with Crippen LogP contribution in [-0.2, 0) is 4.79 Å². The van der Waals surface area contributed by atoms with Gasteiger partial charge in [0.1, 0.15) is 0 Å². The zero-order valence-corrected chi connectivity index (χ0v) is 12.9. The molecule has 0 aromatic rings. The lowest BCUT2D eigenvalue weighted by molar-refractivity contribution is -0.222. The van der Waals surface area contributed by atoms with Crippen LogP contribution in [0, 0.1) is 5.41 Å². The number of alkyl halides is 3. The number of likely N-dealkylation sites (N-methyl/N-ethyl adjacent to an activating group) is 2. The number of amides is 1. The van der Waals surface area contributed by atoms with Crippen molar-refractivity contribution in [3.05, 3.63) is 0 Å². The molecule has 0 spiro atoms. The Hall–Kier alpha value is -0.820. The lowest BCUT2D eigenvalue weighted by Gasteiger charge is -2.50. The van der Waals surface area contributed by atoms with Crippen molar-refractivity contribution in [3.63, 3.8) is 0 Å². The molecule has 1 aliphatic carbocycles. The number of nitrogens with one attached hydrogen (secondary N) is 1. The molecule has 1 saturated heterocycles. The van der Waals surface area contributed by atoms with E-state index in [-0.39, 0.29) is 25.0 Å². The van der Waals surface area contributed by atoms with Gasteiger partial charge in [-0.1, -0.05) is 0 Å². The highest BCUT2D eigenvalue weighted by atomic mass is 19.4. The maximum absolute atomic E-state index is 13.4. The minimum atomic E-state index is -4.51. The van der Waals surface area contributed by atoms with Gasteiger partial charge in [-0.3, -0.25) is 4.79 Å². The smallest absolute Gasteiger partial charge is 0.343 e. The first kappa shape index (κ1) is 16.5. The third-order valence-corrected chi connectivity index (χ3v) is 5.22. The van der Waals surface area contributed by atoms with Gasteiger partial charge in [-0.05, 0) is 46.3 Å². The van der Waals surface area contributed by atoms with Crippen molar-refractivity contribution in [2.45, 2.75) is 37.4 Å². The normalized spacial score (nSPS) is 28.5. The SMILES string of the molecule is CN(CC1(N(C)C)CCC1)C(=O)C1(C(F)(F)F)CCNC1. The summed E-state index contributed by atoms with van der Waals surface area (Å²) in [7, 11) is 5.35. The van der Waals surface area contributed by atoms with Gasteiger partial charge in [0.05, 0.1) is 0 Å². The summed E-state index contributed by atoms with van der Waals surface area (Å²) in [5, 5.41) is 2.69. The number of carbonyl (C=O) groups excluding carboxylic acids is 1. The average molecular weight is 307 g/mol. The van der Waals surface area contributed by atoms with Crippen LogP contribution in [0.5, 0.6) is 0 Å². The number of hydrogen-bond acceptors (Lipinski definition) is 3. The van der Waals surface area contributed by atoms with Gasteiger partial charge in [-0.15, -0.1) is 0 Å². The van der Waals surface area contributed by atoms with Gasteiger partial charge in [0.15, 0.2) is 5.41 Å². The zero-order chi connectivity index (χ0) is 15.9. The lowest BCUT2D eigenvalue weighted by atomic mass is 9.74. The predicted molar refractivity (Wildman–Crippen MR) is 73.9 cm³/mol. The fraction of sp³-hybridized carbons (Fsp3) is 0.929. The molecule has 1 atom stereocenters. The van der Waals surface area contributed by atoms with E-state index in [1.54, 1.807) is 0 Å². The highest BCUT2D eigenvalue weighted by Crippen LogP contribution is 2.45. The molecule has 2 rings (SSSR count). The summed E-state index contributed by atoms with van der Waals surface area (Å²) in [6, 6.07) is 0. The fourth-order valence-electron chi connectivity index (χ4n) is 3.45. The monoisotopic (exact) mass is 307 g/mol. The lowest BCUT2D eigenvalue weighted by Crippen LogP contribution is -2.60. The maximum atomic E-state index is 13.4. The Morgan fingerprint density at radius 2 is 1.81 bits per heavy atom. The number of carbonyl (C=O) groups is 1. The standard InChI is InChI=1S/C14H24F3N3O/c1-19(2)12(5-4-6-12)10-20(3)11(21)13(14(15,16)17)7-8-18-9-13/h18H,4-10H2,1-3H3. The molecule has 1 unspecified atom stereocenters. The second kappa shape index (κ2) is 5.43. The zero-order valence-electron chi connectivity index (χ0n) is 12.9. The summed E-state index contributed by atoms with van der Waals surface area (Å²) in [5.41, 5.74) is -2.41. The van der Waals surface area contributed by atoms with Crippen molar-refractivity contribution in [1.29, 1.82) is 0 Å². The van der Waals surface area contributed by atoms with Crippen LogP contribution < -0.4 is 5.32 Å². The number of halogens is 3. The third-order valence-electron chi connectivity index (χ3n) is 5.22. The van der Waals surface area contributed by atoms with Crippen molar-refractivity contribution < 1.29 is 18.0 Å². The van der Waals surface area contributed by atoms with Crippen molar-refractivity contribution in [1.82, 2.24) is 15.1 Å². The largest absolute Gasteiger partial charge is 0.404 e. The van der Waals surface area contributed by atoms with E-state index in [2.05, 4.69) is 5.32 Å². The molecule has 2 aliphatic rings. The van der Waals surface area contributed by atoms with Crippen LogP contribution in [-0.4, -0.2) is 68.2 Å². The molecule has 1 saturated carbocycles. The second-order valence-corrected chi connectivity index (χ2v) is 6.64. The highest BCUT2D eigenvalue weighted by Gasteiger charge is 2.62. The summed E-state index contributed by atoms with van der Waals surface area (Å²) >= 11 is 0. The number of rotatable bonds is 4. The van der Waals surface area contributed by atoms with Gasteiger partial charge in [-0.25, -0.2) is 0 Å². The first-order chi connectivity index (χ1) is 9.65. The molecular formula is C14H24F3N3O. The number of hydrogen-bond donors (Lipinski definition) is 1. The molecule has 4 nitrogen and oxygen atoms in total. The molecule has 1 amide bonds. The van der Waals surface area contributed by atoms with Crippen molar-refractivity contribution in [3.8, 4) is 0 Å². The molecule has 0 aromatic carbocycles. The Labute approximate surface area is 123 Å². The molecule has 2 fully saturated rings. The highest BCUT2D eigenvalue weighted by molar-refractivity contribution is 5.84. The Bertz CT molecular complexity index is 399. The Morgan fingerprint density at radius 1 is 1.19 bits per heavy atom. The van der Waals surface area contributed by atoms with Crippen LogP contribution in [0.15, 0.2) is 0 Å². The van der Waals surface area contributed by atoms with Crippen LogP contribution >= 0.6 is 0 Å². The first-order valence-corrected chi connectivity index (χ1v) is 7.35. The molecule has 21 heavy (non-hydrogen) atoms. The topological polar surface area (TPSA) is 35.6 Å². The molecule has 122 valence electrons. The molecule has 1 aliphatic heterocycles. The van der Waals surface area contributed by atoms with Crippen molar-refractivity contribution >= 4 is 5.91 Å². The van der Waals surface area contributed by atoms with E-state index >= 15 is 0 Å². The van der Waals surface area contributed by atoms with Gasteiger partial charge < -0.3 is 15.1 Å². The van der Waals surface area contributed by atoms with Crippen LogP contribution in [0.4, 0.5) is 13.2 Å². The third kappa shape index (κ3) is 2.65.